The van der Waals surface area contributed by atoms with Crippen molar-refractivity contribution in [3.8, 4) is 17.1 Å². The van der Waals surface area contributed by atoms with Crippen molar-refractivity contribution < 1.29 is 18.3 Å². The van der Waals surface area contributed by atoms with Gasteiger partial charge in [0.05, 0.1) is 11.3 Å². The van der Waals surface area contributed by atoms with Crippen LogP contribution in [-0.4, -0.2) is 71.8 Å². The van der Waals surface area contributed by atoms with Crippen LogP contribution in [-0.2, 0) is 10.0 Å². The number of nitrogens with zero attached hydrogens (tertiary/aromatic N) is 3. The number of aromatic nitrogens is 2. The van der Waals surface area contributed by atoms with Crippen LogP contribution in [0.5, 0.6) is 5.88 Å². The van der Waals surface area contributed by atoms with E-state index in [4.69, 9.17) is 5.73 Å². The number of hydrogen-bond acceptors (Lipinski definition) is 6. The van der Waals surface area contributed by atoms with Gasteiger partial charge in [-0.05, 0) is 37.4 Å². The fraction of sp³-hybridized carbons (Fsp3) is 0.263. The Kier molecular flexibility index (Phi) is 4.77. The number of primary amides is 1. The molecule has 1 aliphatic heterocycles. The molecule has 1 aliphatic rings. The second-order valence-electron chi connectivity index (χ2n) is 7.06. The van der Waals surface area contributed by atoms with E-state index in [1.807, 2.05) is 7.05 Å². The molecule has 1 saturated heterocycles. The van der Waals surface area contributed by atoms with Gasteiger partial charge in [0, 0.05) is 48.8 Å². The van der Waals surface area contributed by atoms with Crippen molar-refractivity contribution in [2.24, 2.45) is 5.73 Å². The molecule has 29 heavy (non-hydrogen) atoms. The van der Waals surface area contributed by atoms with E-state index in [9.17, 15) is 18.3 Å². The Morgan fingerprint density at radius 3 is 2.52 bits per heavy atom. The lowest BCUT2D eigenvalue weighted by Gasteiger charge is -2.31. The molecule has 1 amide bonds. The molecule has 1 aromatic carbocycles. The van der Waals surface area contributed by atoms with E-state index in [-0.39, 0.29) is 10.8 Å². The smallest absolute Gasteiger partial charge is 0.248 e. The van der Waals surface area contributed by atoms with Crippen molar-refractivity contribution in [3.63, 3.8) is 0 Å². The molecule has 0 radical (unpaired) electrons. The van der Waals surface area contributed by atoms with Crippen LogP contribution in [0.25, 0.3) is 22.2 Å². The summed E-state index contributed by atoms with van der Waals surface area (Å²) in [6.07, 6.45) is 1.29. The molecule has 4 rings (SSSR count). The van der Waals surface area contributed by atoms with Gasteiger partial charge in [-0.1, -0.05) is 0 Å². The maximum Gasteiger partial charge on any atom is 0.248 e. The summed E-state index contributed by atoms with van der Waals surface area (Å²) in [5.41, 5.74) is 7.02. The number of carbonyl (C=O) groups is 1. The third kappa shape index (κ3) is 3.46. The number of nitrogens with one attached hydrogen (secondary N) is 1. The summed E-state index contributed by atoms with van der Waals surface area (Å²) in [7, 11) is -1.67. The van der Waals surface area contributed by atoms with Crippen LogP contribution in [0.4, 0.5) is 0 Å². The number of benzene rings is 1. The van der Waals surface area contributed by atoms with Gasteiger partial charge in [-0.25, -0.2) is 8.42 Å². The van der Waals surface area contributed by atoms with E-state index in [2.05, 4.69) is 14.9 Å². The van der Waals surface area contributed by atoms with Crippen LogP contribution < -0.4 is 5.73 Å². The lowest BCUT2D eigenvalue weighted by Crippen LogP contribution is -2.47. The fourth-order valence-electron chi connectivity index (χ4n) is 3.45. The SMILES string of the molecule is CN1CCN(S(=O)(=O)c2ccc(-c3c(O)[nH]c4ccc(C(N)=O)cc34)nc2)CC1. The number of carbonyl (C=O) groups excluding carboxylic acids is 1. The summed E-state index contributed by atoms with van der Waals surface area (Å²) in [6, 6.07) is 7.79. The van der Waals surface area contributed by atoms with Crippen molar-refractivity contribution in [1.82, 2.24) is 19.2 Å². The maximum atomic E-state index is 12.9. The first-order valence-corrected chi connectivity index (χ1v) is 10.5. The molecule has 4 N–H and O–H groups in total. The quantitative estimate of drug-likeness (QED) is 0.582. The molecule has 1 fully saturated rings. The Morgan fingerprint density at radius 1 is 1.17 bits per heavy atom. The van der Waals surface area contributed by atoms with Gasteiger partial charge in [-0.2, -0.15) is 4.31 Å². The first kappa shape index (κ1) is 19.4. The number of aromatic amines is 1. The average molecular weight is 415 g/mol. The third-order valence-electron chi connectivity index (χ3n) is 5.16. The minimum absolute atomic E-state index is 0.1000. The van der Waals surface area contributed by atoms with Crippen LogP contribution in [0.2, 0.25) is 0 Å². The molecule has 0 atom stereocenters. The molecule has 2 aromatic heterocycles. The molecule has 3 aromatic rings. The summed E-state index contributed by atoms with van der Waals surface area (Å²) in [6.45, 7) is 2.21. The zero-order valence-corrected chi connectivity index (χ0v) is 16.6. The zero-order chi connectivity index (χ0) is 20.8. The largest absolute Gasteiger partial charge is 0.494 e. The predicted molar refractivity (Wildman–Crippen MR) is 108 cm³/mol. The molecular formula is C19H21N5O4S. The highest BCUT2D eigenvalue weighted by atomic mass is 32.2. The highest BCUT2D eigenvalue weighted by molar-refractivity contribution is 7.89. The Balaban J connectivity index is 1.70. The summed E-state index contributed by atoms with van der Waals surface area (Å²) >= 11 is 0. The number of hydrogen-bond donors (Lipinski definition) is 3. The standard InChI is InChI=1S/C19H21N5O4S/c1-23-6-8-24(9-7-23)29(27,28)13-3-5-16(21-11-13)17-14-10-12(18(20)25)2-4-15(14)22-19(17)26/h2-5,10-11,22,26H,6-9H2,1H3,(H2,20,25). The van der Waals surface area contributed by atoms with E-state index in [0.29, 0.717) is 53.9 Å². The van der Waals surface area contributed by atoms with E-state index >= 15 is 0 Å². The van der Waals surface area contributed by atoms with E-state index < -0.39 is 15.9 Å². The summed E-state index contributed by atoms with van der Waals surface area (Å²) in [5.74, 6) is -0.705. The molecule has 0 aliphatic carbocycles. The summed E-state index contributed by atoms with van der Waals surface area (Å²) in [4.78, 5) is 20.8. The summed E-state index contributed by atoms with van der Waals surface area (Å²) < 4.78 is 27.2. The molecule has 152 valence electrons. The Hall–Kier alpha value is -2.95. The minimum atomic E-state index is -3.63. The van der Waals surface area contributed by atoms with Gasteiger partial charge in [0.1, 0.15) is 4.90 Å². The van der Waals surface area contributed by atoms with Crippen molar-refractivity contribution in [2.75, 3.05) is 33.2 Å². The molecule has 9 nitrogen and oxygen atoms in total. The molecule has 0 spiro atoms. The lowest BCUT2D eigenvalue weighted by atomic mass is 10.1. The molecule has 3 heterocycles. The average Bonchev–Trinajstić information content (AvgIpc) is 3.03. The van der Waals surface area contributed by atoms with Crippen LogP contribution in [0.1, 0.15) is 10.4 Å². The molecule has 0 unspecified atom stereocenters. The van der Waals surface area contributed by atoms with Crippen LogP contribution in [0, 0.1) is 0 Å². The van der Waals surface area contributed by atoms with Gasteiger partial charge >= 0.3 is 0 Å². The molecular weight excluding hydrogens is 394 g/mol. The third-order valence-corrected chi connectivity index (χ3v) is 7.04. The highest BCUT2D eigenvalue weighted by Crippen LogP contribution is 2.36. The number of amides is 1. The minimum Gasteiger partial charge on any atom is -0.494 e. The Bertz CT molecular complexity index is 1180. The number of pyridine rings is 1. The van der Waals surface area contributed by atoms with Crippen LogP contribution in [0.3, 0.4) is 0 Å². The monoisotopic (exact) mass is 415 g/mol. The number of nitrogens with two attached hydrogens (primary N) is 1. The first-order chi connectivity index (χ1) is 13.8. The Morgan fingerprint density at radius 2 is 1.90 bits per heavy atom. The van der Waals surface area contributed by atoms with Gasteiger partial charge in [0.25, 0.3) is 0 Å². The number of rotatable bonds is 4. The normalized spacial score (nSPS) is 16.3. The number of piperazine rings is 1. The molecule has 0 saturated carbocycles. The van der Waals surface area contributed by atoms with Gasteiger partial charge in [0.15, 0.2) is 5.88 Å². The van der Waals surface area contributed by atoms with Crippen LogP contribution >= 0.6 is 0 Å². The van der Waals surface area contributed by atoms with Gasteiger partial charge in [-0.3, -0.25) is 9.78 Å². The number of sulfonamides is 1. The topological polar surface area (TPSA) is 133 Å². The Labute approximate surface area is 167 Å². The second kappa shape index (κ2) is 7.14. The van der Waals surface area contributed by atoms with Crippen molar-refractivity contribution in [3.05, 3.63) is 42.1 Å². The predicted octanol–water partition coefficient (Wildman–Crippen LogP) is 0.970. The lowest BCUT2D eigenvalue weighted by molar-refractivity contribution is 0.100. The zero-order valence-electron chi connectivity index (χ0n) is 15.8. The number of H-pyrrole nitrogens is 1. The number of fused-ring (bicyclic) bond motifs is 1. The maximum absolute atomic E-state index is 12.9. The highest BCUT2D eigenvalue weighted by Gasteiger charge is 2.28. The van der Waals surface area contributed by atoms with Gasteiger partial charge in [0.2, 0.25) is 15.9 Å². The van der Waals surface area contributed by atoms with Gasteiger partial charge in [-0.15, -0.1) is 0 Å². The fourth-order valence-corrected chi connectivity index (χ4v) is 4.82. The molecule has 10 heteroatoms. The van der Waals surface area contributed by atoms with E-state index in [1.54, 1.807) is 24.3 Å². The second-order valence-corrected chi connectivity index (χ2v) is 9.00. The van der Waals surface area contributed by atoms with Crippen molar-refractivity contribution >= 4 is 26.8 Å². The van der Waals surface area contributed by atoms with E-state index in [0.717, 1.165) is 0 Å². The molecule has 0 bridgehead atoms. The van der Waals surface area contributed by atoms with E-state index in [1.165, 1.54) is 16.6 Å². The van der Waals surface area contributed by atoms with Crippen LogP contribution in [0.15, 0.2) is 41.4 Å². The number of aromatic hydroxyl groups is 1. The van der Waals surface area contributed by atoms with Crippen molar-refractivity contribution in [1.29, 1.82) is 0 Å². The first-order valence-electron chi connectivity index (χ1n) is 9.07. The van der Waals surface area contributed by atoms with Gasteiger partial charge < -0.3 is 20.7 Å². The number of likely N-dealkylation sites (N-methyl/N-ethyl adjacent to an activating group) is 1. The van der Waals surface area contributed by atoms with Crippen molar-refractivity contribution in [2.45, 2.75) is 4.90 Å². The summed E-state index contributed by atoms with van der Waals surface area (Å²) in [5, 5.41) is 10.9.